The normalized spacial score (nSPS) is 11.6. The molecule has 0 aliphatic carbocycles. The maximum Gasteiger partial charge on any atom is 0.416 e. The highest BCUT2D eigenvalue weighted by atomic mass is 35.5. The molecule has 0 radical (unpaired) electrons. The molecule has 1 N–H and O–H groups in total. The number of rotatable bonds is 7. The van der Waals surface area contributed by atoms with Crippen LogP contribution in [-0.2, 0) is 15.7 Å². The van der Waals surface area contributed by atoms with Gasteiger partial charge < -0.3 is 14.8 Å². The van der Waals surface area contributed by atoms with Crippen LogP contribution in [0.2, 0.25) is 5.02 Å². The van der Waals surface area contributed by atoms with Crippen molar-refractivity contribution >= 4 is 46.1 Å². The minimum Gasteiger partial charge on any atom is -0.465 e. The first kappa shape index (κ1) is 26.9. The number of carbonyl (C=O) groups is 2. The number of amides is 2. The lowest BCUT2D eigenvalue weighted by Gasteiger charge is -2.13. The number of ether oxygens (including phenoxy) is 2. The zero-order valence-corrected chi connectivity index (χ0v) is 19.2. The molecule has 2 aromatic carbocycles. The summed E-state index contributed by atoms with van der Waals surface area (Å²) in [6, 6.07) is 5.03. The quantitative estimate of drug-likeness (QED) is 0.170. The third-order valence-corrected chi connectivity index (χ3v) is 5.19. The molecule has 0 bridgehead atoms. The summed E-state index contributed by atoms with van der Waals surface area (Å²) in [4.78, 5) is 38.2. The minimum absolute atomic E-state index is 0.0383. The van der Waals surface area contributed by atoms with Gasteiger partial charge in [-0.25, -0.2) is 4.79 Å². The summed E-state index contributed by atoms with van der Waals surface area (Å²) in [6.07, 6.45) is -4.61. The van der Waals surface area contributed by atoms with Crippen LogP contribution in [0.4, 0.5) is 23.7 Å². The Bertz CT molecular complexity index is 1130. The third-order valence-electron chi connectivity index (χ3n) is 3.93. The van der Waals surface area contributed by atoms with Crippen molar-refractivity contribution in [3.8, 4) is 11.5 Å². The van der Waals surface area contributed by atoms with Crippen LogP contribution in [0.3, 0.4) is 0 Å². The first-order valence-electron chi connectivity index (χ1n) is 9.38. The van der Waals surface area contributed by atoms with Crippen LogP contribution in [0.25, 0.3) is 0 Å². The van der Waals surface area contributed by atoms with Gasteiger partial charge in [0.05, 0.1) is 33.4 Å². The van der Waals surface area contributed by atoms with Crippen molar-refractivity contribution in [2.45, 2.75) is 13.1 Å². The number of nitrogens with zero attached hydrogens (tertiary/aromatic N) is 2. The Hall–Kier alpha value is -3.32. The SMILES string of the molecule is CCOC(=O)CSC(=NC(=O)NC)c1cc(Oc2ccc(C(F)(F)F)cc2Cl)ccc1[N+](=O)[O-]. The summed E-state index contributed by atoms with van der Waals surface area (Å²) >= 11 is 6.63. The van der Waals surface area contributed by atoms with Crippen molar-refractivity contribution in [2.75, 3.05) is 19.4 Å². The van der Waals surface area contributed by atoms with Crippen LogP contribution >= 0.6 is 23.4 Å². The first-order valence-corrected chi connectivity index (χ1v) is 10.7. The maximum absolute atomic E-state index is 12.9. The van der Waals surface area contributed by atoms with Crippen molar-refractivity contribution in [2.24, 2.45) is 4.99 Å². The lowest BCUT2D eigenvalue weighted by molar-refractivity contribution is -0.385. The van der Waals surface area contributed by atoms with Gasteiger partial charge in [-0.2, -0.15) is 18.2 Å². The standard InChI is InChI=1S/C20H17ClF3N3O6S/c1-3-32-17(28)10-34-18(26-19(29)25-2)13-9-12(5-6-15(13)27(30)31)33-16-7-4-11(8-14(16)21)20(22,23)24/h4-9H,3,10H2,1-2H3,(H,25,29). The molecule has 0 unspecified atom stereocenters. The molecular weight excluding hydrogens is 503 g/mol. The van der Waals surface area contributed by atoms with E-state index < -0.39 is 34.4 Å². The average Bonchev–Trinajstić information content (AvgIpc) is 2.77. The highest BCUT2D eigenvalue weighted by molar-refractivity contribution is 8.15. The number of benzene rings is 2. The average molecular weight is 520 g/mol. The molecule has 0 saturated carbocycles. The predicted molar refractivity (Wildman–Crippen MR) is 120 cm³/mol. The molecule has 182 valence electrons. The van der Waals surface area contributed by atoms with Crippen molar-refractivity contribution in [3.63, 3.8) is 0 Å². The van der Waals surface area contributed by atoms with Crippen LogP contribution < -0.4 is 10.1 Å². The summed E-state index contributed by atoms with van der Waals surface area (Å²) in [5, 5.41) is 13.3. The molecule has 0 aliphatic heterocycles. The van der Waals surface area contributed by atoms with Crippen molar-refractivity contribution in [1.29, 1.82) is 0 Å². The van der Waals surface area contributed by atoms with Crippen LogP contribution in [-0.4, -0.2) is 41.4 Å². The molecule has 2 amide bonds. The molecule has 0 saturated heterocycles. The van der Waals surface area contributed by atoms with E-state index in [2.05, 4.69) is 10.3 Å². The lowest BCUT2D eigenvalue weighted by Crippen LogP contribution is -2.17. The monoisotopic (exact) mass is 519 g/mol. The molecule has 14 heteroatoms. The van der Waals surface area contributed by atoms with Crippen LogP contribution in [0.5, 0.6) is 11.5 Å². The zero-order valence-electron chi connectivity index (χ0n) is 17.6. The number of hydrogen-bond acceptors (Lipinski definition) is 7. The fraction of sp³-hybridized carbons (Fsp3) is 0.250. The van der Waals surface area contributed by atoms with E-state index in [-0.39, 0.29) is 39.5 Å². The van der Waals surface area contributed by atoms with E-state index in [1.807, 2.05) is 0 Å². The number of hydrogen-bond donors (Lipinski definition) is 1. The topological polar surface area (TPSA) is 120 Å². The van der Waals surface area contributed by atoms with Crippen molar-refractivity contribution < 1.29 is 37.2 Å². The lowest BCUT2D eigenvalue weighted by atomic mass is 10.1. The fourth-order valence-electron chi connectivity index (χ4n) is 2.44. The van der Waals surface area contributed by atoms with E-state index in [0.29, 0.717) is 6.07 Å². The number of thioether (sulfide) groups is 1. The van der Waals surface area contributed by atoms with Gasteiger partial charge in [0.2, 0.25) is 0 Å². The Morgan fingerprint density at radius 2 is 1.94 bits per heavy atom. The van der Waals surface area contributed by atoms with E-state index >= 15 is 0 Å². The summed E-state index contributed by atoms with van der Waals surface area (Å²) < 4.78 is 48.9. The number of urea groups is 1. The molecule has 0 aliphatic rings. The number of nitro groups is 1. The van der Waals surface area contributed by atoms with Crippen LogP contribution in [0.1, 0.15) is 18.1 Å². The molecule has 0 aromatic heterocycles. The predicted octanol–water partition coefficient (Wildman–Crippen LogP) is 5.44. The summed E-state index contributed by atoms with van der Waals surface area (Å²) in [5.41, 5.74) is -1.60. The second kappa shape index (κ2) is 11.7. The third kappa shape index (κ3) is 7.35. The Labute approximate surface area is 200 Å². The number of aliphatic imine (C=N–C) groups is 1. The smallest absolute Gasteiger partial charge is 0.416 e. The van der Waals surface area contributed by atoms with Crippen LogP contribution in [0, 0.1) is 10.1 Å². The molecule has 0 atom stereocenters. The summed E-state index contributed by atoms with van der Waals surface area (Å²) in [7, 11) is 1.29. The van der Waals surface area contributed by atoms with E-state index in [0.717, 1.165) is 36.0 Å². The first-order chi connectivity index (χ1) is 16.0. The molecule has 9 nitrogen and oxygen atoms in total. The van der Waals surface area contributed by atoms with E-state index in [4.69, 9.17) is 21.1 Å². The number of carbonyl (C=O) groups excluding carboxylic acids is 2. The molecule has 2 rings (SSSR count). The highest BCUT2D eigenvalue weighted by Crippen LogP contribution is 2.37. The maximum atomic E-state index is 12.9. The number of alkyl halides is 3. The van der Waals surface area contributed by atoms with Gasteiger partial charge in [0.25, 0.3) is 5.69 Å². The second-order valence-corrected chi connectivity index (χ2v) is 7.62. The van der Waals surface area contributed by atoms with Gasteiger partial charge in [-0.15, -0.1) is 0 Å². The summed E-state index contributed by atoms with van der Waals surface area (Å²) in [6.45, 7) is 1.71. The Kier molecular flexibility index (Phi) is 9.27. The Morgan fingerprint density at radius 1 is 1.24 bits per heavy atom. The summed E-state index contributed by atoms with van der Waals surface area (Å²) in [5.74, 6) is -1.11. The number of nitrogens with one attached hydrogen (secondary N) is 1. The van der Waals surface area contributed by atoms with Gasteiger partial charge in [-0.05, 0) is 37.3 Å². The Morgan fingerprint density at radius 3 is 2.50 bits per heavy atom. The van der Waals surface area contributed by atoms with E-state index in [1.165, 1.54) is 13.1 Å². The van der Waals surface area contributed by atoms with Gasteiger partial charge in [-0.1, -0.05) is 23.4 Å². The molecule has 34 heavy (non-hydrogen) atoms. The largest absolute Gasteiger partial charge is 0.465 e. The number of halogens is 4. The van der Waals surface area contributed by atoms with Crippen LogP contribution in [0.15, 0.2) is 41.4 Å². The van der Waals surface area contributed by atoms with E-state index in [9.17, 15) is 32.9 Å². The molecule has 0 heterocycles. The van der Waals surface area contributed by atoms with Gasteiger partial charge in [0, 0.05) is 13.1 Å². The second-order valence-electron chi connectivity index (χ2n) is 6.25. The Balaban J connectivity index is 2.47. The van der Waals surface area contributed by atoms with Crippen molar-refractivity contribution in [3.05, 3.63) is 62.7 Å². The minimum atomic E-state index is -4.61. The zero-order chi connectivity index (χ0) is 25.5. The molecule has 2 aromatic rings. The van der Waals surface area contributed by atoms with Gasteiger partial charge in [0.15, 0.2) is 0 Å². The molecule has 0 fully saturated rings. The number of nitro benzene ring substituents is 1. The van der Waals surface area contributed by atoms with Gasteiger partial charge >= 0.3 is 18.2 Å². The van der Waals surface area contributed by atoms with E-state index in [1.54, 1.807) is 6.92 Å². The van der Waals surface area contributed by atoms with Gasteiger partial charge in [0.1, 0.15) is 16.5 Å². The highest BCUT2D eigenvalue weighted by Gasteiger charge is 2.31. The van der Waals surface area contributed by atoms with Crippen molar-refractivity contribution in [1.82, 2.24) is 5.32 Å². The van der Waals surface area contributed by atoms with Gasteiger partial charge in [-0.3, -0.25) is 14.9 Å². The molecule has 0 spiro atoms. The molecular formula is C20H17ClF3N3O6S. The fourth-order valence-corrected chi connectivity index (χ4v) is 3.47. The number of esters is 1.